The molecule has 1 heterocycles. The monoisotopic (exact) mass is 428 g/mol. The molecule has 0 aromatic heterocycles. The number of likely N-dealkylation sites (tertiary alicyclic amines) is 1. The van der Waals surface area contributed by atoms with Gasteiger partial charge in [-0.3, -0.25) is 9.69 Å². The zero-order valence-electron chi connectivity index (χ0n) is 19.0. The maximum Gasteiger partial charge on any atom is 0.224 e. The van der Waals surface area contributed by atoms with Gasteiger partial charge >= 0.3 is 0 Å². The number of carbonyl (C=O) groups excluding carboxylic acids is 1. The van der Waals surface area contributed by atoms with Crippen LogP contribution in [0.15, 0.2) is 36.4 Å². The van der Waals surface area contributed by atoms with Crippen molar-refractivity contribution in [3.05, 3.63) is 42.0 Å². The van der Waals surface area contributed by atoms with E-state index < -0.39 is 0 Å². The van der Waals surface area contributed by atoms with E-state index in [-0.39, 0.29) is 11.9 Å². The van der Waals surface area contributed by atoms with Gasteiger partial charge < -0.3 is 23.8 Å². The van der Waals surface area contributed by atoms with Crippen molar-refractivity contribution in [2.45, 2.75) is 32.4 Å². The molecule has 2 aromatic rings. The first-order valence-electron chi connectivity index (χ1n) is 10.5. The lowest BCUT2D eigenvalue weighted by Gasteiger charge is -2.38. The average Bonchev–Trinajstić information content (AvgIpc) is 2.79. The normalized spacial score (nSPS) is 14.7. The molecule has 7 heteroatoms. The van der Waals surface area contributed by atoms with Crippen molar-refractivity contribution in [3.63, 3.8) is 0 Å². The number of carbonyl (C=O) groups is 1. The highest BCUT2D eigenvalue weighted by atomic mass is 16.5. The van der Waals surface area contributed by atoms with Crippen LogP contribution in [0.25, 0.3) is 0 Å². The number of anilines is 1. The summed E-state index contributed by atoms with van der Waals surface area (Å²) in [6.07, 6.45) is 1.78. The van der Waals surface area contributed by atoms with Gasteiger partial charge in [-0.1, -0.05) is 12.1 Å². The Kier molecular flexibility index (Phi) is 7.63. The van der Waals surface area contributed by atoms with E-state index in [2.05, 4.69) is 11.0 Å². The van der Waals surface area contributed by atoms with E-state index in [0.717, 1.165) is 55.2 Å². The maximum absolute atomic E-state index is 12.5. The molecular formula is C24H32N2O5. The van der Waals surface area contributed by atoms with Crippen LogP contribution in [-0.2, 0) is 11.3 Å². The highest BCUT2D eigenvalue weighted by molar-refractivity contribution is 5.92. The number of hydrogen-bond acceptors (Lipinski definition) is 6. The minimum absolute atomic E-state index is 0.0279. The molecule has 0 spiro atoms. The fraction of sp³-hybridized carbons (Fsp3) is 0.458. The Morgan fingerprint density at radius 3 is 2.19 bits per heavy atom. The molecule has 1 aliphatic rings. The van der Waals surface area contributed by atoms with Gasteiger partial charge in [0, 0.05) is 49.9 Å². The van der Waals surface area contributed by atoms with Crippen LogP contribution in [0.3, 0.4) is 0 Å². The van der Waals surface area contributed by atoms with Gasteiger partial charge in [-0.2, -0.15) is 0 Å². The third-order valence-electron chi connectivity index (χ3n) is 5.79. The van der Waals surface area contributed by atoms with Crippen LogP contribution in [0.2, 0.25) is 0 Å². The minimum atomic E-state index is 0.0279. The molecule has 0 radical (unpaired) electrons. The predicted octanol–water partition coefficient (Wildman–Crippen LogP) is 3.74. The summed E-state index contributed by atoms with van der Waals surface area (Å²) in [5.74, 6) is 2.82. The summed E-state index contributed by atoms with van der Waals surface area (Å²) in [6.45, 7) is 4.18. The van der Waals surface area contributed by atoms with Gasteiger partial charge in [-0.15, -0.1) is 0 Å². The molecule has 1 fully saturated rings. The lowest BCUT2D eigenvalue weighted by molar-refractivity contribution is -0.117. The summed E-state index contributed by atoms with van der Waals surface area (Å²) in [4.78, 5) is 16.8. The van der Waals surface area contributed by atoms with Gasteiger partial charge in [-0.05, 0) is 31.0 Å². The molecule has 168 valence electrons. The first kappa shape index (κ1) is 22.7. The standard InChI is InChI=1S/C24H32N2O5/c1-17(27)26(20-9-10-21(28-2)23(15-20)30-4)19-11-13-25(14-12-19)16-18-7-6-8-22(29-3)24(18)31-5/h6-10,15,19H,11-14,16H2,1-5H3. The third-order valence-corrected chi connectivity index (χ3v) is 5.79. The van der Waals surface area contributed by atoms with E-state index >= 15 is 0 Å². The number of piperidine rings is 1. The van der Waals surface area contributed by atoms with Crippen molar-refractivity contribution >= 4 is 11.6 Å². The van der Waals surface area contributed by atoms with E-state index in [4.69, 9.17) is 18.9 Å². The van der Waals surface area contributed by atoms with Crippen molar-refractivity contribution in [2.75, 3.05) is 46.4 Å². The maximum atomic E-state index is 12.5. The molecule has 0 N–H and O–H groups in total. The first-order valence-corrected chi connectivity index (χ1v) is 10.5. The Morgan fingerprint density at radius 1 is 0.935 bits per heavy atom. The van der Waals surface area contributed by atoms with Gasteiger partial charge in [0.2, 0.25) is 5.91 Å². The van der Waals surface area contributed by atoms with Crippen LogP contribution >= 0.6 is 0 Å². The zero-order valence-corrected chi connectivity index (χ0v) is 19.0. The van der Waals surface area contributed by atoms with Crippen molar-refractivity contribution in [3.8, 4) is 23.0 Å². The Bertz CT molecular complexity index is 894. The Morgan fingerprint density at radius 2 is 1.61 bits per heavy atom. The van der Waals surface area contributed by atoms with Crippen LogP contribution in [0.5, 0.6) is 23.0 Å². The number of amides is 1. The van der Waals surface area contributed by atoms with Crippen LogP contribution < -0.4 is 23.8 Å². The van der Waals surface area contributed by atoms with Gasteiger partial charge in [-0.25, -0.2) is 0 Å². The number of methoxy groups -OCH3 is 4. The fourth-order valence-electron chi connectivity index (χ4n) is 4.28. The second-order valence-electron chi connectivity index (χ2n) is 7.59. The molecule has 0 atom stereocenters. The zero-order chi connectivity index (χ0) is 22.4. The number of para-hydroxylation sites is 1. The quantitative estimate of drug-likeness (QED) is 0.638. The summed E-state index contributed by atoms with van der Waals surface area (Å²) >= 11 is 0. The number of hydrogen-bond donors (Lipinski definition) is 0. The summed E-state index contributed by atoms with van der Waals surface area (Å²) in [5.41, 5.74) is 1.93. The molecule has 0 unspecified atom stereocenters. The first-order chi connectivity index (χ1) is 15.0. The lowest BCUT2D eigenvalue weighted by atomic mass is 10.0. The highest BCUT2D eigenvalue weighted by Gasteiger charge is 2.28. The molecule has 2 aromatic carbocycles. The third kappa shape index (κ3) is 5.05. The second-order valence-corrected chi connectivity index (χ2v) is 7.59. The Balaban J connectivity index is 1.71. The van der Waals surface area contributed by atoms with Crippen LogP contribution in [0, 0.1) is 0 Å². The molecule has 7 nitrogen and oxygen atoms in total. The SMILES string of the molecule is COc1ccc(N(C(C)=O)C2CCN(Cc3cccc(OC)c3OC)CC2)cc1OC. The van der Waals surface area contributed by atoms with Gasteiger partial charge in [0.1, 0.15) is 0 Å². The Hall–Kier alpha value is -2.93. The lowest BCUT2D eigenvalue weighted by Crippen LogP contribution is -2.46. The number of rotatable bonds is 8. The van der Waals surface area contributed by atoms with Gasteiger partial charge in [0.05, 0.1) is 28.4 Å². The topological polar surface area (TPSA) is 60.5 Å². The van der Waals surface area contributed by atoms with E-state index in [0.29, 0.717) is 11.5 Å². The highest BCUT2D eigenvalue weighted by Crippen LogP contribution is 2.35. The molecule has 31 heavy (non-hydrogen) atoms. The Labute approximate surface area is 184 Å². The van der Waals surface area contributed by atoms with Crippen LogP contribution in [0.4, 0.5) is 5.69 Å². The van der Waals surface area contributed by atoms with E-state index in [1.54, 1.807) is 35.4 Å². The molecule has 0 aliphatic carbocycles. The summed E-state index contributed by atoms with van der Waals surface area (Å²) < 4.78 is 21.7. The average molecular weight is 429 g/mol. The molecular weight excluding hydrogens is 396 g/mol. The summed E-state index contributed by atoms with van der Waals surface area (Å²) in [6, 6.07) is 11.7. The number of nitrogens with zero attached hydrogens (tertiary/aromatic N) is 2. The smallest absolute Gasteiger partial charge is 0.224 e. The molecule has 1 saturated heterocycles. The predicted molar refractivity (Wildman–Crippen MR) is 121 cm³/mol. The number of benzene rings is 2. The summed E-state index contributed by atoms with van der Waals surface area (Å²) in [5, 5.41) is 0. The van der Waals surface area contributed by atoms with E-state index in [9.17, 15) is 4.79 Å². The van der Waals surface area contributed by atoms with Gasteiger partial charge in [0.15, 0.2) is 23.0 Å². The van der Waals surface area contributed by atoms with Crippen LogP contribution in [0.1, 0.15) is 25.3 Å². The van der Waals surface area contributed by atoms with Crippen molar-refractivity contribution in [2.24, 2.45) is 0 Å². The second kappa shape index (κ2) is 10.4. The van der Waals surface area contributed by atoms with Gasteiger partial charge in [0.25, 0.3) is 0 Å². The van der Waals surface area contributed by atoms with Crippen LogP contribution in [-0.4, -0.2) is 58.4 Å². The molecule has 3 rings (SSSR count). The minimum Gasteiger partial charge on any atom is -0.493 e. The van der Waals surface area contributed by atoms with E-state index in [1.807, 2.05) is 35.2 Å². The molecule has 1 aliphatic heterocycles. The molecule has 0 saturated carbocycles. The van der Waals surface area contributed by atoms with Crippen molar-refractivity contribution in [1.82, 2.24) is 4.90 Å². The largest absolute Gasteiger partial charge is 0.493 e. The molecule has 1 amide bonds. The number of ether oxygens (including phenoxy) is 4. The van der Waals surface area contributed by atoms with Crippen molar-refractivity contribution in [1.29, 1.82) is 0 Å². The van der Waals surface area contributed by atoms with E-state index in [1.165, 1.54) is 0 Å². The fourth-order valence-corrected chi connectivity index (χ4v) is 4.28. The summed E-state index contributed by atoms with van der Waals surface area (Å²) in [7, 11) is 6.53. The molecule has 0 bridgehead atoms. The van der Waals surface area contributed by atoms with Crippen molar-refractivity contribution < 1.29 is 23.7 Å².